The van der Waals surface area contributed by atoms with Gasteiger partial charge in [0.15, 0.2) is 0 Å². The lowest BCUT2D eigenvalue weighted by Crippen LogP contribution is -2.43. The lowest BCUT2D eigenvalue weighted by Gasteiger charge is -2.34. The molecule has 1 spiro atoms. The van der Waals surface area contributed by atoms with Crippen LogP contribution in [0.3, 0.4) is 0 Å². The van der Waals surface area contributed by atoms with E-state index in [-0.39, 0.29) is 17.7 Å². The van der Waals surface area contributed by atoms with Gasteiger partial charge in [0.05, 0.1) is 0 Å². The maximum Gasteiger partial charge on any atom is 0.226 e. The molecule has 2 saturated heterocycles. The van der Waals surface area contributed by atoms with Crippen molar-refractivity contribution in [2.45, 2.75) is 51.4 Å². The number of nitrogens with zero attached hydrogens (tertiary/aromatic N) is 1. The molecule has 1 N–H and O–H groups in total. The van der Waals surface area contributed by atoms with Gasteiger partial charge in [0.1, 0.15) is 0 Å². The molecular weight excluding hydrogens is 240 g/mol. The second-order valence-electron chi connectivity index (χ2n) is 6.61. The van der Waals surface area contributed by atoms with Crippen LogP contribution in [-0.4, -0.2) is 36.3 Å². The monoisotopic (exact) mass is 264 g/mol. The van der Waals surface area contributed by atoms with Crippen LogP contribution in [0.5, 0.6) is 0 Å². The van der Waals surface area contributed by atoms with E-state index in [9.17, 15) is 9.59 Å². The molecule has 0 unspecified atom stereocenters. The maximum absolute atomic E-state index is 12.5. The molecule has 106 valence electrons. The Morgan fingerprint density at radius 3 is 2.74 bits per heavy atom. The van der Waals surface area contributed by atoms with Gasteiger partial charge in [-0.25, -0.2) is 0 Å². The molecule has 0 aromatic carbocycles. The zero-order valence-electron chi connectivity index (χ0n) is 11.6. The summed E-state index contributed by atoms with van der Waals surface area (Å²) in [5.41, 5.74) is 0.421. The average Bonchev–Trinajstić information content (AvgIpc) is 2.82. The molecule has 1 saturated carbocycles. The minimum atomic E-state index is -0.0625. The predicted molar refractivity (Wildman–Crippen MR) is 72.4 cm³/mol. The van der Waals surface area contributed by atoms with Gasteiger partial charge in [0.2, 0.25) is 11.8 Å². The van der Waals surface area contributed by atoms with Crippen molar-refractivity contribution in [2.75, 3.05) is 19.6 Å². The van der Waals surface area contributed by atoms with E-state index in [2.05, 4.69) is 10.2 Å². The lowest BCUT2D eigenvalue weighted by molar-refractivity contribution is -0.139. The van der Waals surface area contributed by atoms with E-state index in [0.717, 1.165) is 19.5 Å². The molecule has 1 atom stereocenters. The number of hydrogen-bond acceptors (Lipinski definition) is 2. The fraction of sp³-hybridized carbons (Fsp3) is 0.867. The Morgan fingerprint density at radius 2 is 2.00 bits per heavy atom. The highest BCUT2D eigenvalue weighted by atomic mass is 16.2. The van der Waals surface area contributed by atoms with Crippen LogP contribution in [0.2, 0.25) is 0 Å². The summed E-state index contributed by atoms with van der Waals surface area (Å²) in [4.78, 5) is 26.0. The third-order valence-corrected chi connectivity index (χ3v) is 5.26. The zero-order valence-corrected chi connectivity index (χ0v) is 11.6. The summed E-state index contributed by atoms with van der Waals surface area (Å²) >= 11 is 0. The number of nitrogens with one attached hydrogen (secondary N) is 1. The van der Waals surface area contributed by atoms with Crippen molar-refractivity contribution in [2.24, 2.45) is 11.3 Å². The topological polar surface area (TPSA) is 49.4 Å². The Labute approximate surface area is 114 Å². The standard InChI is InChI=1S/C15H24N2O2/c18-13-10-12(4-8-16-13)14(19)17-9-7-15(11-17)5-2-1-3-6-15/h12H,1-11H2,(H,16,18)/t12-/m0/s1. The maximum atomic E-state index is 12.5. The first kappa shape index (κ1) is 12.9. The molecule has 19 heavy (non-hydrogen) atoms. The second-order valence-corrected chi connectivity index (χ2v) is 6.61. The van der Waals surface area contributed by atoms with Gasteiger partial charge in [-0.15, -0.1) is 0 Å². The van der Waals surface area contributed by atoms with Crippen molar-refractivity contribution in [1.82, 2.24) is 10.2 Å². The third-order valence-electron chi connectivity index (χ3n) is 5.26. The molecule has 2 aliphatic heterocycles. The number of carbonyl (C=O) groups is 2. The average molecular weight is 264 g/mol. The Hall–Kier alpha value is -1.06. The molecule has 3 aliphatic rings. The highest BCUT2D eigenvalue weighted by Gasteiger charge is 2.42. The second kappa shape index (κ2) is 5.14. The van der Waals surface area contributed by atoms with Crippen LogP contribution in [0.25, 0.3) is 0 Å². The van der Waals surface area contributed by atoms with Gasteiger partial charge >= 0.3 is 0 Å². The van der Waals surface area contributed by atoms with Crippen LogP contribution in [0.4, 0.5) is 0 Å². The minimum Gasteiger partial charge on any atom is -0.356 e. The summed E-state index contributed by atoms with van der Waals surface area (Å²) in [5.74, 6) is 0.209. The Kier molecular flexibility index (Phi) is 3.50. The van der Waals surface area contributed by atoms with Gasteiger partial charge in [0, 0.05) is 32.0 Å². The molecule has 0 aromatic heterocycles. The lowest BCUT2D eigenvalue weighted by atomic mass is 9.73. The molecule has 2 heterocycles. The molecule has 3 rings (SSSR count). The minimum absolute atomic E-state index is 0.0381. The summed E-state index contributed by atoms with van der Waals surface area (Å²) in [6.07, 6.45) is 8.98. The number of carbonyl (C=O) groups excluding carboxylic acids is 2. The first-order valence-electron chi connectivity index (χ1n) is 7.74. The fourth-order valence-corrected chi connectivity index (χ4v) is 4.09. The van der Waals surface area contributed by atoms with Crippen molar-refractivity contribution >= 4 is 11.8 Å². The molecule has 4 nitrogen and oxygen atoms in total. The molecular formula is C15H24N2O2. The molecule has 0 aromatic rings. The number of piperidine rings is 1. The van der Waals surface area contributed by atoms with E-state index < -0.39 is 0 Å². The summed E-state index contributed by atoms with van der Waals surface area (Å²) in [6.45, 7) is 2.52. The van der Waals surface area contributed by atoms with Crippen molar-refractivity contribution in [3.05, 3.63) is 0 Å². The Balaban J connectivity index is 1.60. The van der Waals surface area contributed by atoms with Gasteiger partial charge < -0.3 is 10.2 Å². The predicted octanol–water partition coefficient (Wildman–Crippen LogP) is 1.70. The molecule has 3 fully saturated rings. The smallest absolute Gasteiger partial charge is 0.226 e. The number of hydrogen-bond donors (Lipinski definition) is 1. The first-order chi connectivity index (χ1) is 9.19. The number of amides is 2. The van der Waals surface area contributed by atoms with Gasteiger partial charge in [-0.2, -0.15) is 0 Å². The van der Waals surface area contributed by atoms with Gasteiger partial charge in [-0.05, 0) is 31.1 Å². The summed E-state index contributed by atoms with van der Waals surface area (Å²) in [5, 5.41) is 2.80. The van der Waals surface area contributed by atoms with Crippen LogP contribution in [0.15, 0.2) is 0 Å². The van der Waals surface area contributed by atoms with Crippen LogP contribution in [0, 0.1) is 11.3 Å². The third kappa shape index (κ3) is 2.63. The molecule has 0 radical (unpaired) electrons. The quantitative estimate of drug-likeness (QED) is 0.783. The van der Waals surface area contributed by atoms with Crippen LogP contribution in [0.1, 0.15) is 51.4 Å². The number of rotatable bonds is 1. The highest BCUT2D eigenvalue weighted by molar-refractivity contribution is 5.87. The van der Waals surface area contributed by atoms with Crippen molar-refractivity contribution in [3.63, 3.8) is 0 Å². The van der Waals surface area contributed by atoms with Gasteiger partial charge in [-0.1, -0.05) is 19.3 Å². The van der Waals surface area contributed by atoms with Crippen molar-refractivity contribution in [3.8, 4) is 0 Å². The normalized spacial score (nSPS) is 30.4. The van der Waals surface area contributed by atoms with E-state index in [1.807, 2.05) is 0 Å². The van der Waals surface area contributed by atoms with E-state index in [0.29, 0.717) is 18.4 Å². The van der Waals surface area contributed by atoms with Gasteiger partial charge in [-0.3, -0.25) is 9.59 Å². The summed E-state index contributed by atoms with van der Waals surface area (Å²) in [7, 11) is 0. The molecule has 1 aliphatic carbocycles. The van der Waals surface area contributed by atoms with Crippen molar-refractivity contribution in [1.29, 1.82) is 0 Å². The first-order valence-corrected chi connectivity index (χ1v) is 7.74. The van der Waals surface area contributed by atoms with E-state index >= 15 is 0 Å². The molecule has 0 bridgehead atoms. The summed E-state index contributed by atoms with van der Waals surface area (Å²) in [6, 6.07) is 0. The van der Waals surface area contributed by atoms with Gasteiger partial charge in [0.25, 0.3) is 0 Å². The highest BCUT2D eigenvalue weighted by Crippen LogP contribution is 2.44. The van der Waals surface area contributed by atoms with Crippen LogP contribution in [-0.2, 0) is 9.59 Å². The Morgan fingerprint density at radius 1 is 1.21 bits per heavy atom. The van der Waals surface area contributed by atoms with Crippen LogP contribution >= 0.6 is 0 Å². The zero-order chi connectivity index (χ0) is 13.3. The Bertz CT molecular complexity index is 374. The van der Waals surface area contributed by atoms with E-state index in [4.69, 9.17) is 0 Å². The van der Waals surface area contributed by atoms with E-state index in [1.54, 1.807) is 0 Å². The number of likely N-dealkylation sites (tertiary alicyclic amines) is 1. The fourth-order valence-electron chi connectivity index (χ4n) is 4.09. The SMILES string of the molecule is O=C1C[C@@H](C(=O)N2CCC3(CCCCC3)C2)CCN1. The largest absolute Gasteiger partial charge is 0.356 e. The van der Waals surface area contributed by atoms with Crippen LogP contribution < -0.4 is 5.32 Å². The molecule has 4 heteroatoms. The van der Waals surface area contributed by atoms with E-state index in [1.165, 1.54) is 38.5 Å². The summed E-state index contributed by atoms with van der Waals surface area (Å²) < 4.78 is 0. The van der Waals surface area contributed by atoms with Crippen molar-refractivity contribution < 1.29 is 9.59 Å². The molecule has 2 amide bonds.